The highest BCUT2D eigenvalue weighted by atomic mass is 32.2. The third-order valence-electron chi connectivity index (χ3n) is 3.88. The summed E-state index contributed by atoms with van der Waals surface area (Å²) in [5, 5.41) is 13.8. The van der Waals surface area contributed by atoms with E-state index in [9.17, 15) is 9.90 Å². The fraction of sp³-hybridized carbons (Fsp3) is 0.529. The summed E-state index contributed by atoms with van der Waals surface area (Å²) in [6.45, 7) is 8.33. The number of carbonyl (C=O) groups is 1. The predicted molar refractivity (Wildman–Crippen MR) is 94.5 cm³/mol. The van der Waals surface area contributed by atoms with Gasteiger partial charge in [-0.3, -0.25) is 4.79 Å². The number of aliphatic hydroxyl groups excluding tert-OH is 1. The highest BCUT2D eigenvalue weighted by Crippen LogP contribution is 2.25. The third-order valence-corrected chi connectivity index (χ3v) is 4.75. The first-order valence-electron chi connectivity index (χ1n) is 7.82. The van der Waals surface area contributed by atoms with Gasteiger partial charge >= 0.3 is 0 Å². The Balaban J connectivity index is 1.83. The molecular weight excluding hydrogens is 310 g/mol. The van der Waals surface area contributed by atoms with Crippen LogP contribution in [0.25, 0.3) is 11.0 Å². The molecule has 0 saturated heterocycles. The van der Waals surface area contributed by atoms with Crippen molar-refractivity contribution in [2.24, 2.45) is 11.3 Å². The van der Waals surface area contributed by atoms with E-state index in [1.807, 2.05) is 52.0 Å². The Morgan fingerprint density at radius 1 is 1.39 bits per heavy atom. The topological polar surface area (TPSA) is 78.0 Å². The number of aromatic amines is 1. The van der Waals surface area contributed by atoms with Gasteiger partial charge in [0, 0.05) is 12.0 Å². The van der Waals surface area contributed by atoms with Gasteiger partial charge in [0.25, 0.3) is 0 Å². The number of carbonyl (C=O) groups excluding carboxylic acids is 1. The van der Waals surface area contributed by atoms with E-state index >= 15 is 0 Å². The van der Waals surface area contributed by atoms with Crippen LogP contribution < -0.4 is 5.32 Å². The first-order valence-corrected chi connectivity index (χ1v) is 8.80. The number of H-pyrrole nitrogens is 1. The number of hydrogen-bond donors (Lipinski definition) is 3. The number of imidazole rings is 1. The molecule has 23 heavy (non-hydrogen) atoms. The van der Waals surface area contributed by atoms with Crippen molar-refractivity contribution in [1.29, 1.82) is 0 Å². The number of nitrogens with one attached hydrogen (secondary N) is 2. The Labute approximate surface area is 141 Å². The lowest BCUT2D eigenvalue weighted by molar-refractivity contribution is -0.119. The molecule has 0 saturated carbocycles. The van der Waals surface area contributed by atoms with Crippen LogP contribution in [-0.4, -0.2) is 39.4 Å². The maximum atomic E-state index is 12.0. The molecule has 1 unspecified atom stereocenters. The monoisotopic (exact) mass is 335 g/mol. The number of benzene rings is 1. The van der Waals surface area contributed by atoms with Crippen LogP contribution in [0.5, 0.6) is 0 Å². The first kappa shape index (κ1) is 17.8. The average Bonchev–Trinajstić information content (AvgIpc) is 2.93. The van der Waals surface area contributed by atoms with Crippen LogP contribution in [0.1, 0.15) is 27.7 Å². The normalized spacial score (nSPS) is 13.5. The van der Waals surface area contributed by atoms with Crippen LogP contribution in [0.3, 0.4) is 0 Å². The van der Waals surface area contributed by atoms with E-state index in [0.717, 1.165) is 16.2 Å². The largest absolute Gasteiger partial charge is 0.392 e. The summed E-state index contributed by atoms with van der Waals surface area (Å²) in [5.41, 5.74) is 1.52. The van der Waals surface area contributed by atoms with Gasteiger partial charge in [0.15, 0.2) is 5.16 Å². The number of thioether (sulfide) groups is 1. The van der Waals surface area contributed by atoms with Crippen molar-refractivity contribution in [3.05, 3.63) is 24.3 Å². The van der Waals surface area contributed by atoms with Crippen LogP contribution in [0.2, 0.25) is 0 Å². The van der Waals surface area contributed by atoms with Gasteiger partial charge in [-0.2, -0.15) is 0 Å². The van der Waals surface area contributed by atoms with Gasteiger partial charge in [-0.15, -0.1) is 0 Å². The Kier molecular flexibility index (Phi) is 5.70. The van der Waals surface area contributed by atoms with Gasteiger partial charge < -0.3 is 15.4 Å². The molecule has 0 radical (unpaired) electrons. The lowest BCUT2D eigenvalue weighted by Crippen LogP contribution is -2.44. The number of aromatic nitrogens is 2. The quantitative estimate of drug-likeness (QED) is 0.680. The molecule has 2 rings (SSSR count). The molecule has 1 atom stereocenters. The molecule has 0 aliphatic rings. The van der Waals surface area contributed by atoms with Gasteiger partial charge in [0.05, 0.1) is 22.9 Å². The summed E-state index contributed by atoms with van der Waals surface area (Å²) < 4.78 is 0. The van der Waals surface area contributed by atoms with Crippen molar-refractivity contribution in [1.82, 2.24) is 15.3 Å². The Morgan fingerprint density at radius 2 is 2.09 bits per heavy atom. The zero-order chi connectivity index (χ0) is 17.0. The Bertz CT molecular complexity index is 634. The summed E-state index contributed by atoms with van der Waals surface area (Å²) in [6.07, 6.45) is -0.453. The zero-order valence-electron chi connectivity index (χ0n) is 14.1. The van der Waals surface area contributed by atoms with Gasteiger partial charge in [-0.1, -0.05) is 51.6 Å². The molecular formula is C17H25N3O2S. The van der Waals surface area contributed by atoms with E-state index in [-0.39, 0.29) is 17.2 Å². The van der Waals surface area contributed by atoms with E-state index in [4.69, 9.17) is 0 Å². The third kappa shape index (κ3) is 4.72. The van der Waals surface area contributed by atoms with E-state index in [1.165, 1.54) is 11.8 Å². The molecule has 0 aliphatic heterocycles. The molecule has 5 nitrogen and oxygen atoms in total. The number of aliphatic hydroxyl groups is 1. The number of fused-ring (bicyclic) bond motifs is 1. The molecule has 2 aromatic rings. The number of amides is 1. The summed E-state index contributed by atoms with van der Waals surface area (Å²) in [4.78, 5) is 19.6. The minimum absolute atomic E-state index is 0.0560. The minimum atomic E-state index is -0.453. The number of hydrogen-bond acceptors (Lipinski definition) is 4. The summed E-state index contributed by atoms with van der Waals surface area (Å²) >= 11 is 1.38. The molecule has 6 heteroatoms. The van der Waals surface area contributed by atoms with Crippen LogP contribution >= 0.6 is 11.8 Å². The number of para-hydroxylation sites is 2. The van der Waals surface area contributed by atoms with Gasteiger partial charge in [0.1, 0.15) is 0 Å². The van der Waals surface area contributed by atoms with Crippen LogP contribution in [0.15, 0.2) is 29.4 Å². The molecule has 0 aliphatic carbocycles. The van der Waals surface area contributed by atoms with Crippen molar-refractivity contribution in [2.45, 2.75) is 39.0 Å². The van der Waals surface area contributed by atoms with Crippen molar-refractivity contribution < 1.29 is 9.90 Å². The average molecular weight is 335 g/mol. The summed E-state index contributed by atoms with van der Waals surface area (Å²) in [7, 11) is 0. The van der Waals surface area contributed by atoms with Crippen molar-refractivity contribution in [3.8, 4) is 0 Å². The maximum absolute atomic E-state index is 12.0. The molecule has 0 spiro atoms. The van der Waals surface area contributed by atoms with Crippen LogP contribution in [0.4, 0.5) is 0 Å². The fourth-order valence-electron chi connectivity index (χ4n) is 2.52. The maximum Gasteiger partial charge on any atom is 0.230 e. The predicted octanol–water partition coefficient (Wildman–Crippen LogP) is 2.81. The first-order chi connectivity index (χ1) is 10.8. The summed E-state index contributed by atoms with van der Waals surface area (Å²) in [5.74, 6) is 0.402. The van der Waals surface area contributed by atoms with Crippen molar-refractivity contribution in [3.63, 3.8) is 0 Å². The molecule has 0 bridgehead atoms. The van der Waals surface area contributed by atoms with E-state index in [0.29, 0.717) is 12.3 Å². The van der Waals surface area contributed by atoms with Gasteiger partial charge in [-0.25, -0.2) is 4.98 Å². The van der Waals surface area contributed by atoms with Crippen molar-refractivity contribution in [2.75, 3.05) is 12.3 Å². The van der Waals surface area contributed by atoms with Crippen LogP contribution in [0, 0.1) is 11.3 Å². The second-order valence-corrected chi connectivity index (χ2v) is 7.77. The number of rotatable bonds is 7. The zero-order valence-corrected chi connectivity index (χ0v) is 14.9. The Hall–Kier alpha value is -1.53. The lowest BCUT2D eigenvalue weighted by atomic mass is 9.81. The smallest absolute Gasteiger partial charge is 0.230 e. The van der Waals surface area contributed by atoms with Crippen molar-refractivity contribution >= 4 is 28.7 Å². The van der Waals surface area contributed by atoms with Gasteiger partial charge in [0.2, 0.25) is 5.91 Å². The highest BCUT2D eigenvalue weighted by Gasteiger charge is 2.30. The molecule has 3 N–H and O–H groups in total. The highest BCUT2D eigenvalue weighted by molar-refractivity contribution is 7.99. The summed E-state index contributed by atoms with van der Waals surface area (Å²) in [6, 6.07) is 7.78. The molecule has 1 amide bonds. The second kappa shape index (κ2) is 7.36. The lowest BCUT2D eigenvalue weighted by Gasteiger charge is -2.33. The minimum Gasteiger partial charge on any atom is -0.392 e. The SMILES string of the molecule is CC(C)C(O)C(C)(C)CNC(=O)CSc1nc2ccccc2[nH]1. The molecule has 126 valence electrons. The molecule has 0 fully saturated rings. The number of nitrogens with zero attached hydrogens (tertiary/aromatic N) is 1. The van der Waals surface area contributed by atoms with E-state index < -0.39 is 6.10 Å². The van der Waals surface area contributed by atoms with E-state index in [1.54, 1.807) is 0 Å². The molecule has 1 aromatic heterocycles. The standard InChI is InChI=1S/C17H25N3O2S/c1-11(2)15(22)17(3,4)10-18-14(21)9-23-16-19-12-7-5-6-8-13(12)20-16/h5-8,11,15,22H,9-10H2,1-4H3,(H,18,21)(H,19,20). The van der Waals surface area contributed by atoms with E-state index in [2.05, 4.69) is 15.3 Å². The second-order valence-electron chi connectivity index (χ2n) is 6.80. The van der Waals surface area contributed by atoms with Crippen LogP contribution in [-0.2, 0) is 4.79 Å². The fourth-order valence-corrected chi connectivity index (χ4v) is 3.23. The molecule has 1 aromatic carbocycles. The van der Waals surface area contributed by atoms with Gasteiger partial charge in [-0.05, 0) is 18.1 Å². The Morgan fingerprint density at radius 3 is 2.74 bits per heavy atom. The molecule has 1 heterocycles.